The van der Waals surface area contributed by atoms with Crippen LogP contribution in [0.1, 0.15) is 22.8 Å². The lowest BCUT2D eigenvalue weighted by atomic mass is 10.1. The summed E-state index contributed by atoms with van der Waals surface area (Å²) in [6, 6.07) is 14.9. The Bertz CT molecular complexity index is 582. The minimum Gasteiger partial charge on any atom is -0.493 e. The molecule has 0 saturated heterocycles. The van der Waals surface area contributed by atoms with Gasteiger partial charge in [0.15, 0.2) is 0 Å². The van der Waals surface area contributed by atoms with Gasteiger partial charge in [0.05, 0.1) is 6.61 Å². The molecule has 0 aliphatic carbocycles. The van der Waals surface area contributed by atoms with Crippen molar-refractivity contribution < 1.29 is 9.53 Å². The monoisotopic (exact) mass is 270 g/mol. The van der Waals surface area contributed by atoms with E-state index in [2.05, 4.69) is 5.32 Å². The van der Waals surface area contributed by atoms with Gasteiger partial charge in [0.1, 0.15) is 11.3 Å². The number of carbonyl (C=O) groups excluding carboxylic acids is 1. The van der Waals surface area contributed by atoms with Gasteiger partial charge < -0.3 is 15.8 Å². The first-order valence-corrected chi connectivity index (χ1v) is 6.55. The van der Waals surface area contributed by atoms with Crippen LogP contribution in [0.2, 0.25) is 0 Å². The first-order valence-electron chi connectivity index (χ1n) is 6.55. The molecule has 0 unspecified atom stereocenters. The van der Waals surface area contributed by atoms with Crippen molar-refractivity contribution in [2.75, 3.05) is 12.3 Å². The van der Waals surface area contributed by atoms with E-state index in [-0.39, 0.29) is 5.91 Å². The zero-order chi connectivity index (χ0) is 14.4. The molecule has 20 heavy (non-hydrogen) atoms. The van der Waals surface area contributed by atoms with Gasteiger partial charge in [0.2, 0.25) is 0 Å². The Morgan fingerprint density at radius 2 is 1.90 bits per heavy atom. The fraction of sp³-hybridized carbons (Fsp3) is 0.188. The van der Waals surface area contributed by atoms with Crippen LogP contribution in [0.4, 0.5) is 5.69 Å². The molecular weight excluding hydrogens is 252 g/mol. The van der Waals surface area contributed by atoms with E-state index in [0.717, 1.165) is 5.56 Å². The van der Waals surface area contributed by atoms with E-state index in [1.54, 1.807) is 18.2 Å². The molecule has 0 aliphatic heterocycles. The summed E-state index contributed by atoms with van der Waals surface area (Å²) in [4.78, 5) is 12.3. The van der Waals surface area contributed by atoms with Crippen LogP contribution in [0, 0.1) is 0 Å². The van der Waals surface area contributed by atoms with Crippen molar-refractivity contribution in [3.05, 3.63) is 59.7 Å². The number of ether oxygens (including phenoxy) is 1. The number of nitrogens with two attached hydrogens (primary N) is 1. The Labute approximate surface area is 118 Å². The number of anilines is 1. The molecule has 2 rings (SSSR count). The SMILES string of the molecule is CCOc1cccc(N)c1C(=O)NCc1ccccc1. The van der Waals surface area contributed by atoms with Gasteiger partial charge in [-0.05, 0) is 24.6 Å². The molecule has 0 saturated carbocycles. The maximum absolute atomic E-state index is 12.3. The summed E-state index contributed by atoms with van der Waals surface area (Å²) in [5.41, 5.74) is 7.73. The zero-order valence-electron chi connectivity index (χ0n) is 11.4. The van der Waals surface area contributed by atoms with Gasteiger partial charge >= 0.3 is 0 Å². The highest BCUT2D eigenvalue weighted by Gasteiger charge is 2.15. The lowest BCUT2D eigenvalue weighted by molar-refractivity contribution is 0.0948. The Kier molecular flexibility index (Phi) is 4.60. The highest BCUT2D eigenvalue weighted by Crippen LogP contribution is 2.24. The normalized spacial score (nSPS) is 10.1. The number of amides is 1. The van der Waals surface area contributed by atoms with E-state index < -0.39 is 0 Å². The average molecular weight is 270 g/mol. The van der Waals surface area contributed by atoms with Crippen LogP contribution in [0.15, 0.2) is 48.5 Å². The molecule has 2 aromatic rings. The van der Waals surface area contributed by atoms with E-state index in [9.17, 15) is 4.79 Å². The van der Waals surface area contributed by atoms with Gasteiger partial charge in [0, 0.05) is 12.2 Å². The molecular formula is C16H18N2O2. The van der Waals surface area contributed by atoms with E-state index in [0.29, 0.717) is 30.2 Å². The second kappa shape index (κ2) is 6.61. The third-order valence-electron chi connectivity index (χ3n) is 2.88. The minimum absolute atomic E-state index is 0.226. The lowest BCUT2D eigenvalue weighted by Crippen LogP contribution is -2.24. The van der Waals surface area contributed by atoms with Gasteiger partial charge in [-0.15, -0.1) is 0 Å². The summed E-state index contributed by atoms with van der Waals surface area (Å²) in [5, 5.41) is 2.86. The molecule has 0 fully saturated rings. The molecule has 1 amide bonds. The number of nitrogen functional groups attached to an aromatic ring is 1. The Morgan fingerprint density at radius 1 is 1.15 bits per heavy atom. The van der Waals surface area contributed by atoms with Crippen LogP contribution in [0.25, 0.3) is 0 Å². The van der Waals surface area contributed by atoms with Crippen LogP contribution in [0.3, 0.4) is 0 Å². The van der Waals surface area contributed by atoms with Crippen LogP contribution >= 0.6 is 0 Å². The maximum Gasteiger partial charge on any atom is 0.257 e. The van der Waals surface area contributed by atoms with Crippen molar-refractivity contribution >= 4 is 11.6 Å². The molecule has 0 spiro atoms. The maximum atomic E-state index is 12.3. The topological polar surface area (TPSA) is 64.3 Å². The molecule has 4 nitrogen and oxygen atoms in total. The van der Waals surface area contributed by atoms with Crippen LogP contribution in [-0.4, -0.2) is 12.5 Å². The Morgan fingerprint density at radius 3 is 2.60 bits per heavy atom. The van der Waals surface area contributed by atoms with E-state index in [1.165, 1.54) is 0 Å². The van der Waals surface area contributed by atoms with Crippen molar-refractivity contribution in [1.82, 2.24) is 5.32 Å². The summed E-state index contributed by atoms with van der Waals surface area (Å²) < 4.78 is 5.45. The van der Waals surface area contributed by atoms with Crippen molar-refractivity contribution in [2.24, 2.45) is 0 Å². The fourth-order valence-corrected chi connectivity index (χ4v) is 1.93. The molecule has 0 aromatic heterocycles. The molecule has 3 N–H and O–H groups in total. The van der Waals surface area contributed by atoms with Gasteiger partial charge in [-0.3, -0.25) is 4.79 Å². The number of hydrogen-bond donors (Lipinski definition) is 2. The third kappa shape index (κ3) is 3.29. The summed E-state index contributed by atoms with van der Waals surface area (Å²) in [6.07, 6.45) is 0. The molecule has 0 heterocycles. The van der Waals surface area contributed by atoms with Gasteiger partial charge in [-0.25, -0.2) is 0 Å². The standard InChI is InChI=1S/C16H18N2O2/c1-2-20-14-10-6-9-13(17)15(14)16(19)18-11-12-7-4-3-5-8-12/h3-10H,2,11,17H2,1H3,(H,18,19). The average Bonchev–Trinajstić information content (AvgIpc) is 2.46. The van der Waals surface area contributed by atoms with Crippen LogP contribution in [0.5, 0.6) is 5.75 Å². The predicted octanol–water partition coefficient (Wildman–Crippen LogP) is 2.60. The van der Waals surface area contributed by atoms with Crippen molar-refractivity contribution in [3.63, 3.8) is 0 Å². The lowest BCUT2D eigenvalue weighted by Gasteiger charge is -2.12. The van der Waals surface area contributed by atoms with Gasteiger partial charge in [-0.1, -0.05) is 36.4 Å². The zero-order valence-corrected chi connectivity index (χ0v) is 11.4. The quantitative estimate of drug-likeness (QED) is 0.821. The molecule has 0 atom stereocenters. The molecule has 104 valence electrons. The fourth-order valence-electron chi connectivity index (χ4n) is 1.93. The van der Waals surface area contributed by atoms with E-state index in [1.807, 2.05) is 37.3 Å². The first kappa shape index (κ1) is 13.9. The molecule has 0 bridgehead atoms. The Hall–Kier alpha value is -2.49. The summed E-state index contributed by atoms with van der Waals surface area (Å²) in [7, 11) is 0. The van der Waals surface area contributed by atoms with Gasteiger partial charge in [-0.2, -0.15) is 0 Å². The first-order chi connectivity index (χ1) is 9.72. The van der Waals surface area contributed by atoms with Crippen molar-refractivity contribution in [3.8, 4) is 5.75 Å². The summed E-state index contributed by atoms with van der Waals surface area (Å²) in [5.74, 6) is 0.286. The number of nitrogens with one attached hydrogen (secondary N) is 1. The summed E-state index contributed by atoms with van der Waals surface area (Å²) >= 11 is 0. The predicted molar refractivity (Wildman–Crippen MR) is 79.6 cm³/mol. The van der Waals surface area contributed by atoms with Gasteiger partial charge in [0.25, 0.3) is 5.91 Å². The second-order valence-electron chi connectivity index (χ2n) is 4.32. The largest absolute Gasteiger partial charge is 0.493 e. The number of rotatable bonds is 5. The number of hydrogen-bond acceptors (Lipinski definition) is 3. The molecule has 0 radical (unpaired) electrons. The smallest absolute Gasteiger partial charge is 0.257 e. The van der Waals surface area contributed by atoms with E-state index >= 15 is 0 Å². The number of benzene rings is 2. The minimum atomic E-state index is -0.226. The number of carbonyl (C=O) groups is 1. The second-order valence-corrected chi connectivity index (χ2v) is 4.32. The van der Waals surface area contributed by atoms with Crippen LogP contribution in [-0.2, 0) is 6.54 Å². The van der Waals surface area contributed by atoms with Crippen molar-refractivity contribution in [2.45, 2.75) is 13.5 Å². The van der Waals surface area contributed by atoms with Crippen LogP contribution < -0.4 is 15.8 Å². The van der Waals surface area contributed by atoms with Crippen molar-refractivity contribution in [1.29, 1.82) is 0 Å². The third-order valence-corrected chi connectivity index (χ3v) is 2.88. The molecule has 4 heteroatoms. The van der Waals surface area contributed by atoms with E-state index in [4.69, 9.17) is 10.5 Å². The molecule has 2 aromatic carbocycles. The molecule has 0 aliphatic rings. The highest BCUT2D eigenvalue weighted by molar-refractivity contribution is 6.01. The summed E-state index contributed by atoms with van der Waals surface area (Å²) in [6.45, 7) is 2.82. The highest BCUT2D eigenvalue weighted by atomic mass is 16.5. The Balaban J connectivity index is 2.13.